The number of nitrogens with one attached hydrogen (secondary N) is 1. The fourth-order valence-electron chi connectivity index (χ4n) is 1.39. The summed E-state index contributed by atoms with van der Waals surface area (Å²) in [6.45, 7) is 1.54. The second kappa shape index (κ2) is 5.10. The van der Waals surface area contributed by atoms with Crippen LogP contribution in [0.25, 0.3) is 0 Å². The lowest BCUT2D eigenvalue weighted by Gasteiger charge is -2.06. The molecule has 2 rings (SSSR count). The number of hydrogen-bond acceptors (Lipinski definition) is 7. The molecule has 0 aliphatic rings. The third-order valence-corrected chi connectivity index (χ3v) is 2.11. The molecular weight excluding hydrogens is 220 g/mol. The minimum Gasteiger partial charge on any atom is -0.383 e. The van der Waals surface area contributed by atoms with Crippen LogP contribution in [0.2, 0.25) is 0 Å². The van der Waals surface area contributed by atoms with Gasteiger partial charge in [-0.15, -0.1) is 5.10 Å². The van der Waals surface area contributed by atoms with Gasteiger partial charge in [0.2, 0.25) is 5.95 Å². The van der Waals surface area contributed by atoms with E-state index in [1.54, 1.807) is 16.9 Å². The van der Waals surface area contributed by atoms with Gasteiger partial charge in [-0.1, -0.05) is 5.21 Å². The van der Waals surface area contributed by atoms with Gasteiger partial charge in [0, 0.05) is 25.4 Å². The van der Waals surface area contributed by atoms with E-state index in [1.165, 1.54) is 0 Å². The summed E-state index contributed by atoms with van der Waals surface area (Å²) >= 11 is 0. The Labute approximate surface area is 98.0 Å². The Morgan fingerprint density at radius 1 is 1.29 bits per heavy atom. The number of nitrogen functional groups attached to an aromatic ring is 2. The zero-order valence-corrected chi connectivity index (χ0v) is 9.24. The minimum atomic E-state index is 0.170. The van der Waals surface area contributed by atoms with Crippen molar-refractivity contribution in [1.82, 2.24) is 25.0 Å². The Morgan fingerprint density at radius 3 is 2.88 bits per heavy atom. The van der Waals surface area contributed by atoms with Crippen LogP contribution in [0, 0.1) is 0 Å². The maximum atomic E-state index is 5.55. The van der Waals surface area contributed by atoms with Crippen molar-refractivity contribution in [3.05, 3.63) is 18.5 Å². The summed E-state index contributed by atoms with van der Waals surface area (Å²) in [4.78, 5) is 7.79. The number of anilines is 3. The first-order valence-electron chi connectivity index (χ1n) is 5.22. The van der Waals surface area contributed by atoms with E-state index in [2.05, 4.69) is 25.6 Å². The number of nitrogens with zero attached hydrogens (tertiary/aromatic N) is 5. The van der Waals surface area contributed by atoms with Crippen molar-refractivity contribution in [2.75, 3.05) is 23.3 Å². The van der Waals surface area contributed by atoms with E-state index in [-0.39, 0.29) is 5.95 Å². The van der Waals surface area contributed by atoms with Crippen molar-refractivity contribution in [3.63, 3.8) is 0 Å². The molecule has 2 heterocycles. The minimum absolute atomic E-state index is 0.170. The van der Waals surface area contributed by atoms with Crippen molar-refractivity contribution in [2.24, 2.45) is 0 Å². The molecule has 0 fully saturated rings. The molecule has 2 aromatic rings. The maximum Gasteiger partial charge on any atom is 0.223 e. The van der Waals surface area contributed by atoms with E-state index >= 15 is 0 Å². The summed E-state index contributed by atoms with van der Waals surface area (Å²) < 4.78 is 1.77. The molecule has 0 aromatic carbocycles. The van der Waals surface area contributed by atoms with Crippen molar-refractivity contribution in [1.29, 1.82) is 0 Å². The molecule has 0 atom stereocenters. The molecule has 8 heteroatoms. The van der Waals surface area contributed by atoms with Gasteiger partial charge in [0.1, 0.15) is 11.6 Å². The summed E-state index contributed by atoms with van der Waals surface area (Å²) in [6.07, 6.45) is 4.37. The molecule has 8 nitrogen and oxygen atoms in total. The zero-order chi connectivity index (χ0) is 12.1. The van der Waals surface area contributed by atoms with E-state index in [4.69, 9.17) is 11.5 Å². The Hall–Kier alpha value is -2.38. The highest BCUT2D eigenvalue weighted by Gasteiger charge is 1.99. The number of hydrogen-bond donors (Lipinski definition) is 3. The fraction of sp³-hybridized carbons (Fsp3) is 0.333. The highest BCUT2D eigenvalue weighted by molar-refractivity contribution is 5.48. The normalized spacial score (nSPS) is 10.4. The molecule has 0 spiro atoms. The van der Waals surface area contributed by atoms with Crippen LogP contribution in [0.1, 0.15) is 6.42 Å². The summed E-state index contributed by atoms with van der Waals surface area (Å²) in [6, 6.07) is 1.64. The molecule has 90 valence electrons. The molecule has 0 radical (unpaired) electrons. The molecule has 2 aromatic heterocycles. The predicted octanol–water partition coefficient (Wildman–Crippen LogP) is -0.265. The van der Waals surface area contributed by atoms with Crippen LogP contribution in [0.5, 0.6) is 0 Å². The summed E-state index contributed by atoms with van der Waals surface area (Å²) in [5.74, 6) is 1.16. The average molecular weight is 234 g/mol. The zero-order valence-electron chi connectivity index (χ0n) is 9.24. The second-order valence-electron chi connectivity index (χ2n) is 3.48. The van der Waals surface area contributed by atoms with Gasteiger partial charge >= 0.3 is 0 Å². The Kier molecular flexibility index (Phi) is 3.34. The van der Waals surface area contributed by atoms with Gasteiger partial charge in [-0.05, 0) is 6.42 Å². The number of aromatic nitrogens is 5. The van der Waals surface area contributed by atoms with Crippen LogP contribution >= 0.6 is 0 Å². The van der Waals surface area contributed by atoms with Crippen LogP contribution < -0.4 is 16.8 Å². The summed E-state index contributed by atoms with van der Waals surface area (Å²) in [5, 5.41) is 10.7. The first-order chi connectivity index (χ1) is 8.24. The Bertz CT molecular complexity index is 446. The molecule has 0 amide bonds. The summed E-state index contributed by atoms with van der Waals surface area (Å²) in [7, 11) is 0. The third-order valence-electron chi connectivity index (χ3n) is 2.11. The van der Waals surface area contributed by atoms with Crippen LogP contribution in [-0.2, 0) is 6.54 Å². The Balaban J connectivity index is 1.78. The molecule has 0 saturated carbocycles. The molecule has 5 N–H and O–H groups in total. The van der Waals surface area contributed by atoms with Gasteiger partial charge < -0.3 is 16.8 Å². The van der Waals surface area contributed by atoms with E-state index in [0.29, 0.717) is 11.6 Å². The fourth-order valence-corrected chi connectivity index (χ4v) is 1.39. The van der Waals surface area contributed by atoms with Gasteiger partial charge in [-0.3, -0.25) is 4.68 Å². The molecule has 0 saturated heterocycles. The first kappa shape index (κ1) is 11.1. The van der Waals surface area contributed by atoms with Gasteiger partial charge in [0.15, 0.2) is 0 Å². The predicted molar refractivity (Wildman–Crippen MR) is 64.0 cm³/mol. The van der Waals surface area contributed by atoms with E-state index in [0.717, 1.165) is 19.5 Å². The molecular formula is C9H14N8. The van der Waals surface area contributed by atoms with Crippen LogP contribution in [0.3, 0.4) is 0 Å². The molecule has 17 heavy (non-hydrogen) atoms. The van der Waals surface area contributed by atoms with Crippen LogP contribution in [0.4, 0.5) is 17.6 Å². The smallest absolute Gasteiger partial charge is 0.223 e. The highest BCUT2D eigenvalue weighted by Crippen LogP contribution is 2.08. The summed E-state index contributed by atoms with van der Waals surface area (Å²) in [5.41, 5.74) is 11.0. The number of rotatable bonds is 5. The lowest BCUT2D eigenvalue weighted by atomic mass is 10.4. The van der Waals surface area contributed by atoms with E-state index in [9.17, 15) is 0 Å². The molecule has 0 aliphatic carbocycles. The Morgan fingerprint density at radius 2 is 2.18 bits per heavy atom. The third kappa shape index (κ3) is 3.30. The lowest BCUT2D eigenvalue weighted by molar-refractivity contribution is 0.569. The van der Waals surface area contributed by atoms with Gasteiger partial charge in [0.05, 0.1) is 6.20 Å². The largest absolute Gasteiger partial charge is 0.383 e. The second-order valence-corrected chi connectivity index (χ2v) is 3.48. The quantitative estimate of drug-likeness (QED) is 0.609. The molecule has 0 aliphatic heterocycles. The number of aryl methyl sites for hydroxylation is 1. The van der Waals surface area contributed by atoms with Crippen molar-refractivity contribution >= 4 is 17.6 Å². The lowest BCUT2D eigenvalue weighted by Crippen LogP contribution is -2.10. The standard InChI is InChI=1S/C9H14N8/c10-7-6-8(15-9(11)14-7)12-2-1-4-17-5-3-13-16-17/h3,5-6H,1-2,4H2,(H5,10,11,12,14,15). The SMILES string of the molecule is Nc1cc(NCCCn2ccnn2)nc(N)n1. The average Bonchev–Trinajstić information content (AvgIpc) is 2.76. The van der Waals surface area contributed by atoms with E-state index in [1.807, 2.05) is 6.20 Å². The number of nitrogens with two attached hydrogens (primary N) is 2. The van der Waals surface area contributed by atoms with Gasteiger partial charge in [0.25, 0.3) is 0 Å². The van der Waals surface area contributed by atoms with Crippen molar-refractivity contribution < 1.29 is 0 Å². The molecule has 0 unspecified atom stereocenters. The van der Waals surface area contributed by atoms with Crippen molar-refractivity contribution in [2.45, 2.75) is 13.0 Å². The maximum absolute atomic E-state index is 5.55. The van der Waals surface area contributed by atoms with Crippen LogP contribution in [0.15, 0.2) is 18.5 Å². The molecule has 0 bridgehead atoms. The first-order valence-corrected chi connectivity index (χ1v) is 5.22. The van der Waals surface area contributed by atoms with Crippen molar-refractivity contribution in [3.8, 4) is 0 Å². The highest BCUT2D eigenvalue weighted by atomic mass is 15.4. The van der Waals surface area contributed by atoms with Crippen LogP contribution in [-0.4, -0.2) is 31.5 Å². The van der Waals surface area contributed by atoms with E-state index < -0.39 is 0 Å². The van der Waals surface area contributed by atoms with Gasteiger partial charge in [-0.2, -0.15) is 9.97 Å². The topological polar surface area (TPSA) is 121 Å². The van der Waals surface area contributed by atoms with Gasteiger partial charge in [-0.25, -0.2) is 0 Å². The monoisotopic (exact) mass is 234 g/mol.